The first-order valence-corrected chi connectivity index (χ1v) is 11.1. The predicted molar refractivity (Wildman–Crippen MR) is 125 cm³/mol. The number of halogens is 4. The smallest absolute Gasteiger partial charge is 0.399 e. The van der Waals surface area contributed by atoms with Crippen LogP contribution >= 0.6 is 0 Å². The fourth-order valence-electron chi connectivity index (χ4n) is 4.33. The van der Waals surface area contributed by atoms with Crippen LogP contribution < -0.4 is 10.9 Å². The van der Waals surface area contributed by atoms with Gasteiger partial charge >= 0.3 is 6.18 Å². The molecular weight excluding hydrogens is 526 g/mol. The second-order valence-corrected chi connectivity index (χ2v) is 8.58. The lowest BCUT2D eigenvalue weighted by Gasteiger charge is -2.31. The van der Waals surface area contributed by atoms with Crippen LogP contribution in [0.25, 0.3) is 0 Å². The minimum Gasteiger partial charge on any atom is -0.501 e. The number of aromatic hydroxyl groups is 1. The summed E-state index contributed by atoms with van der Waals surface area (Å²) < 4.78 is 65.7. The highest BCUT2D eigenvalue weighted by Crippen LogP contribution is 2.49. The van der Waals surface area contributed by atoms with Crippen molar-refractivity contribution in [3.63, 3.8) is 0 Å². The maximum absolute atomic E-state index is 15.0. The van der Waals surface area contributed by atoms with E-state index in [0.29, 0.717) is 4.57 Å². The first-order chi connectivity index (χ1) is 18.3. The monoisotopic (exact) mass is 545 g/mol. The van der Waals surface area contributed by atoms with E-state index >= 15 is 13.2 Å². The summed E-state index contributed by atoms with van der Waals surface area (Å²) >= 11 is 0. The molecule has 39 heavy (non-hydrogen) atoms. The van der Waals surface area contributed by atoms with Crippen LogP contribution in [0.4, 0.5) is 23.2 Å². The van der Waals surface area contributed by atoms with Crippen molar-refractivity contribution in [3.8, 4) is 11.8 Å². The number of nitrogens with zero attached hydrogens (tertiary/aromatic N) is 6. The largest absolute Gasteiger partial charge is 0.501 e. The van der Waals surface area contributed by atoms with Crippen LogP contribution in [-0.4, -0.2) is 41.7 Å². The van der Waals surface area contributed by atoms with E-state index in [1.807, 2.05) is 0 Å². The van der Waals surface area contributed by atoms with E-state index < -0.39 is 52.6 Å². The quantitative estimate of drug-likeness (QED) is 0.350. The lowest BCUT2D eigenvalue weighted by Crippen LogP contribution is -2.36. The van der Waals surface area contributed by atoms with E-state index in [1.165, 1.54) is 24.9 Å². The number of benzene rings is 1. The summed E-state index contributed by atoms with van der Waals surface area (Å²) in [5.74, 6) is -8.82. The first kappa shape index (κ1) is 27.0. The molecule has 0 unspecified atom stereocenters. The van der Waals surface area contributed by atoms with E-state index in [1.54, 1.807) is 6.07 Å². The molecule has 0 aliphatic rings. The molecular formula is C24H19F4N7O4. The van der Waals surface area contributed by atoms with Gasteiger partial charge in [-0.15, -0.1) is 0 Å². The number of nitrogens with one attached hydrogen (secondary N) is 1. The van der Waals surface area contributed by atoms with Gasteiger partial charge in [0, 0.05) is 31.8 Å². The van der Waals surface area contributed by atoms with Gasteiger partial charge in [-0.1, -0.05) is 5.16 Å². The maximum Gasteiger partial charge on any atom is 0.399 e. The molecule has 0 saturated carbocycles. The normalized spacial score (nSPS) is 13.1. The molecule has 0 spiro atoms. The maximum atomic E-state index is 15.0. The molecule has 4 rings (SSSR count). The Hall–Kier alpha value is -5.00. The summed E-state index contributed by atoms with van der Waals surface area (Å²) in [6.45, 7) is 1.43. The summed E-state index contributed by atoms with van der Waals surface area (Å²) in [6, 6.07) is 4.55. The molecule has 2 N–H and O–H groups in total. The number of aromatic nitrogens is 5. The Balaban J connectivity index is 2.03. The Morgan fingerprint density at radius 2 is 1.97 bits per heavy atom. The van der Waals surface area contributed by atoms with Crippen molar-refractivity contribution in [3.05, 3.63) is 86.9 Å². The van der Waals surface area contributed by atoms with Crippen LogP contribution in [0.3, 0.4) is 0 Å². The van der Waals surface area contributed by atoms with E-state index in [-0.39, 0.29) is 28.1 Å². The number of rotatable bonds is 6. The molecule has 3 aromatic heterocycles. The minimum atomic E-state index is -5.16. The second-order valence-electron chi connectivity index (χ2n) is 8.58. The fourth-order valence-corrected chi connectivity index (χ4v) is 4.33. The molecule has 4 aromatic rings. The number of amides is 1. The summed E-state index contributed by atoms with van der Waals surface area (Å²) in [5.41, 5.74) is -2.84. The van der Waals surface area contributed by atoms with Gasteiger partial charge in [0.05, 0.1) is 23.5 Å². The third kappa shape index (κ3) is 5.08. The van der Waals surface area contributed by atoms with Gasteiger partial charge in [0.15, 0.2) is 5.69 Å². The second kappa shape index (κ2) is 10.0. The number of anilines is 1. The van der Waals surface area contributed by atoms with Gasteiger partial charge < -0.3 is 14.9 Å². The zero-order valence-corrected chi connectivity index (χ0v) is 20.5. The predicted octanol–water partition coefficient (Wildman–Crippen LogP) is 3.26. The van der Waals surface area contributed by atoms with Crippen LogP contribution in [0.2, 0.25) is 0 Å². The Morgan fingerprint density at radius 1 is 1.26 bits per heavy atom. The molecule has 3 heterocycles. The van der Waals surface area contributed by atoms with Crippen LogP contribution in [0, 0.1) is 24.1 Å². The SMILES string of the molecule is Cc1nn(C)cc1[C@@H](c1cc(F)ccc1C#N)[C@H](c1nc(C(=O)Nc2cnoc2)c(O)c(=O)n1C)C(F)(F)F. The van der Waals surface area contributed by atoms with Crippen LogP contribution in [0.1, 0.15) is 50.5 Å². The molecule has 0 aliphatic carbocycles. The van der Waals surface area contributed by atoms with E-state index in [4.69, 9.17) is 0 Å². The minimum absolute atomic E-state index is 0.0157. The van der Waals surface area contributed by atoms with E-state index in [2.05, 4.69) is 25.1 Å². The third-order valence-electron chi connectivity index (χ3n) is 6.03. The summed E-state index contributed by atoms with van der Waals surface area (Å²) in [6.07, 6.45) is -1.81. The van der Waals surface area contributed by atoms with Crippen molar-refractivity contribution in [2.75, 3.05) is 5.32 Å². The number of hydrogen-bond acceptors (Lipinski definition) is 8. The molecule has 0 radical (unpaired) electrons. The van der Waals surface area contributed by atoms with Crippen molar-refractivity contribution in [1.82, 2.24) is 24.5 Å². The number of nitriles is 1. The molecule has 0 saturated heterocycles. The zero-order chi connectivity index (χ0) is 28.6. The summed E-state index contributed by atoms with van der Waals surface area (Å²) in [7, 11) is 2.41. The summed E-state index contributed by atoms with van der Waals surface area (Å²) in [5, 5.41) is 29.7. The Bertz CT molecular complexity index is 1650. The van der Waals surface area contributed by atoms with Crippen molar-refractivity contribution in [2.45, 2.75) is 24.9 Å². The van der Waals surface area contributed by atoms with Crippen LogP contribution in [0.15, 0.2) is 46.2 Å². The lowest BCUT2D eigenvalue weighted by molar-refractivity contribution is -0.156. The van der Waals surface area contributed by atoms with Crippen LogP contribution in [0.5, 0.6) is 5.75 Å². The fraction of sp³-hybridized carbons (Fsp3) is 0.250. The molecule has 2 atom stereocenters. The van der Waals surface area contributed by atoms with Gasteiger partial charge in [-0.25, -0.2) is 9.37 Å². The van der Waals surface area contributed by atoms with Crippen molar-refractivity contribution in [1.29, 1.82) is 5.26 Å². The third-order valence-corrected chi connectivity index (χ3v) is 6.03. The molecule has 1 aromatic carbocycles. The zero-order valence-electron chi connectivity index (χ0n) is 20.5. The number of carbonyl (C=O) groups excluding carboxylic acids is 1. The Kier molecular flexibility index (Phi) is 6.97. The molecule has 15 heteroatoms. The molecule has 0 bridgehead atoms. The highest BCUT2D eigenvalue weighted by molar-refractivity contribution is 6.04. The molecule has 202 valence electrons. The van der Waals surface area contributed by atoms with Crippen LogP contribution in [-0.2, 0) is 14.1 Å². The van der Waals surface area contributed by atoms with E-state index in [0.717, 1.165) is 37.7 Å². The van der Waals surface area contributed by atoms with Crippen molar-refractivity contribution >= 4 is 11.6 Å². The van der Waals surface area contributed by atoms with E-state index in [9.17, 15) is 24.3 Å². The Labute approximate surface area is 216 Å². The molecule has 1 amide bonds. The van der Waals surface area contributed by atoms with Gasteiger partial charge in [-0.3, -0.25) is 18.8 Å². The number of hydrogen-bond donors (Lipinski definition) is 2. The van der Waals surface area contributed by atoms with Crippen molar-refractivity contribution < 1.29 is 32.0 Å². The average molecular weight is 545 g/mol. The van der Waals surface area contributed by atoms with Gasteiger partial charge in [-0.2, -0.15) is 23.5 Å². The molecule has 0 aliphatic heterocycles. The van der Waals surface area contributed by atoms with Gasteiger partial charge in [0.1, 0.15) is 29.5 Å². The van der Waals surface area contributed by atoms with Gasteiger partial charge in [0.2, 0.25) is 5.75 Å². The average Bonchev–Trinajstić information content (AvgIpc) is 3.49. The highest BCUT2D eigenvalue weighted by Gasteiger charge is 2.51. The number of carbonyl (C=O) groups is 1. The number of alkyl halides is 3. The summed E-state index contributed by atoms with van der Waals surface area (Å²) in [4.78, 5) is 29.4. The molecule has 0 fully saturated rings. The Morgan fingerprint density at radius 3 is 2.54 bits per heavy atom. The standard InChI is InChI=1S/C24H19F4N7O4/c1-11-16(9-34(2)33-11)17(15-6-13(25)5-4-12(15)7-29)18(24(26,27)28)21-32-19(20(36)23(38)35(21)3)22(37)31-14-8-30-39-10-14/h4-6,8-10,17-18,36H,1-3H3,(H,31,37)/t17-,18-/m1/s1. The van der Waals surface area contributed by atoms with Gasteiger partial charge in [0.25, 0.3) is 11.5 Å². The van der Waals surface area contributed by atoms with Crippen molar-refractivity contribution in [2.24, 2.45) is 14.1 Å². The number of aryl methyl sites for hydroxylation is 2. The molecule has 11 nitrogen and oxygen atoms in total. The van der Waals surface area contributed by atoms with Gasteiger partial charge in [-0.05, 0) is 30.7 Å². The lowest BCUT2D eigenvalue weighted by atomic mass is 9.78. The topological polar surface area (TPSA) is 152 Å². The first-order valence-electron chi connectivity index (χ1n) is 11.1. The highest BCUT2D eigenvalue weighted by atomic mass is 19.4.